The number of aromatic amines is 1. The molecule has 0 bridgehead atoms. The minimum absolute atomic E-state index is 0.539. The van der Waals surface area contributed by atoms with Crippen LogP contribution in [0.5, 0.6) is 23.0 Å². The van der Waals surface area contributed by atoms with Gasteiger partial charge in [0, 0.05) is 11.1 Å². The largest absolute Gasteiger partial charge is 0.495 e. The number of rotatable bonds is 6. The fraction of sp³-hybridized carbons (Fsp3) is 0.211. The second-order valence-electron chi connectivity index (χ2n) is 5.54. The van der Waals surface area contributed by atoms with Crippen molar-refractivity contribution in [3.8, 4) is 45.5 Å². The lowest BCUT2D eigenvalue weighted by molar-refractivity contribution is 0.324. The molecule has 0 aliphatic carbocycles. The summed E-state index contributed by atoms with van der Waals surface area (Å²) in [6.07, 6.45) is 0. The van der Waals surface area contributed by atoms with E-state index in [1.165, 1.54) is 0 Å². The second-order valence-corrected chi connectivity index (χ2v) is 5.54. The molecule has 0 saturated carbocycles. The van der Waals surface area contributed by atoms with Gasteiger partial charge in [0.05, 0.1) is 45.5 Å². The van der Waals surface area contributed by atoms with Gasteiger partial charge in [0.25, 0.3) is 0 Å². The smallest absolute Gasteiger partial charge is 0.203 e. The van der Waals surface area contributed by atoms with Crippen LogP contribution in [0.25, 0.3) is 22.5 Å². The van der Waals surface area contributed by atoms with Crippen LogP contribution < -0.4 is 24.7 Å². The maximum atomic E-state index is 5.99. The highest BCUT2D eigenvalue weighted by atomic mass is 16.5. The molecule has 0 amide bonds. The zero-order chi connectivity index (χ0) is 18.7. The molecule has 0 aliphatic heterocycles. The zero-order valence-corrected chi connectivity index (χ0v) is 15.1. The molecule has 0 atom stereocenters. The van der Waals surface area contributed by atoms with Crippen molar-refractivity contribution < 1.29 is 18.9 Å². The third kappa shape index (κ3) is 3.11. The van der Waals surface area contributed by atoms with E-state index in [1.54, 1.807) is 28.4 Å². The predicted molar refractivity (Wildman–Crippen MR) is 100 cm³/mol. The molecule has 0 saturated heterocycles. The summed E-state index contributed by atoms with van der Waals surface area (Å²) in [5, 5.41) is 7.42. The van der Waals surface area contributed by atoms with E-state index in [0.29, 0.717) is 28.7 Å². The average molecular weight is 355 g/mol. The number of benzene rings is 2. The first kappa shape index (κ1) is 17.5. The molecule has 1 heterocycles. The van der Waals surface area contributed by atoms with Crippen molar-refractivity contribution in [2.75, 3.05) is 34.2 Å². The van der Waals surface area contributed by atoms with Gasteiger partial charge in [0.2, 0.25) is 5.75 Å². The van der Waals surface area contributed by atoms with Crippen LogP contribution in [0.2, 0.25) is 0 Å². The van der Waals surface area contributed by atoms with Gasteiger partial charge in [-0.2, -0.15) is 5.10 Å². The first-order valence-electron chi connectivity index (χ1n) is 7.91. The molecular weight excluding hydrogens is 334 g/mol. The number of aromatic nitrogens is 2. The number of hydrogen-bond acceptors (Lipinski definition) is 6. The van der Waals surface area contributed by atoms with Crippen molar-refractivity contribution >= 4 is 5.69 Å². The maximum absolute atomic E-state index is 5.99. The molecule has 136 valence electrons. The van der Waals surface area contributed by atoms with E-state index in [0.717, 1.165) is 22.5 Å². The summed E-state index contributed by atoms with van der Waals surface area (Å²) >= 11 is 0. The standard InChI is InChI=1S/C19H21N3O4/c1-23-16-6-5-11(7-13(16)20)14-10-15(22-21-14)12-8-17(24-2)19(26-4)18(9-12)25-3/h5-10H,20H2,1-4H3,(H,21,22). The molecular formula is C19H21N3O4. The number of nitrogens with zero attached hydrogens (tertiary/aromatic N) is 1. The van der Waals surface area contributed by atoms with Crippen LogP contribution in [0.3, 0.4) is 0 Å². The highest BCUT2D eigenvalue weighted by molar-refractivity contribution is 5.74. The Morgan fingerprint density at radius 1 is 0.769 bits per heavy atom. The molecule has 3 rings (SSSR count). The minimum atomic E-state index is 0.539. The summed E-state index contributed by atoms with van der Waals surface area (Å²) in [4.78, 5) is 0. The third-order valence-electron chi connectivity index (χ3n) is 4.08. The monoisotopic (exact) mass is 355 g/mol. The molecule has 0 spiro atoms. The predicted octanol–water partition coefficient (Wildman–Crippen LogP) is 3.36. The van der Waals surface area contributed by atoms with E-state index < -0.39 is 0 Å². The van der Waals surface area contributed by atoms with Gasteiger partial charge in [-0.25, -0.2) is 0 Å². The Bertz CT molecular complexity index is 896. The molecule has 0 fully saturated rings. The van der Waals surface area contributed by atoms with E-state index in [1.807, 2.05) is 36.4 Å². The minimum Gasteiger partial charge on any atom is -0.495 e. The highest BCUT2D eigenvalue weighted by Crippen LogP contribution is 2.41. The van der Waals surface area contributed by atoms with Gasteiger partial charge in [-0.3, -0.25) is 5.10 Å². The maximum Gasteiger partial charge on any atom is 0.203 e. The lowest BCUT2D eigenvalue weighted by Gasteiger charge is -2.13. The first-order chi connectivity index (χ1) is 12.6. The lowest BCUT2D eigenvalue weighted by Crippen LogP contribution is -1.95. The van der Waals surface area contributed by atoms with Crippen molar-refractivity contribution in [1.29, 1.82) is 0 Å². The highest BCUT2D eigenvalue weighted by Gasteiger charge is 2.16. The Balaban J connectivity index is 2.01. The number of nitrogen functional groups attached to an aromatic ring is 1. The van der Waals surface area contributed by atoms with Crippen molar-refractivity contribution in [2.24, 2.45) is 0 Å². The quantitative estimate of drug-likeness (QED) is 0.659. The van der Waals surface area contributed by atoms with Crippen LogP contribution in [0.1, 0.15) is 0 Å². The van der Waals surface area contributed by atoms with Crippen molar-refractivity contribution in [1.82, 2.24) is 10.2 Å². The number of nitrogens with two attached hydrogens (primary N) is 1. The summed E-state index contributed by atoms with van der Waals surface area (Å²) < 4.78 is 21.3. The van der Waals surface area contributed by atoms with Crippen LogP contribution in [0.15, 0.2) is 36.4 Å². The van der Waals surface area contributed by atoms with Crippen molar-refractivity contribution in [3.63, 3.8) is 0 Å². The molecule has 3 N–H and O–H groups in total. The van der Waals surface area contributed by atoms with Gasteiger partial charge in [0.1, 0.15) is 5.75 Å². The second kappa shape index (κ2) is 7.26. The number of anilines is 1. The number of nitrogens with one attached hydrogen (secondary N) is 1. The fourth-order valence-corrected chi connectivity index (χ4v) is 2.75. The SMILES string of the molecule is COc1ccc(-c2cc(-c3cc(OC)c(OC)c(OC)c3)n[nH]2)cc1N. The van der Waals surface area contributed by atoms with Gasteiger partial charge < -0.3 is 24.7 Å². The third-order valence-corrected chi connectivity index (χ3v) is 4.08. The Morgan fingerprint density at radius 2 is 1.42 bits per heavy atom. The summed E-state index contributed by atoms with van der Waals surface area (Å²) in [7, 11) is 6.32. The van der Waals surface area contributed by atoms with Gasteiger partial charge in [0.15, 0.2) is 11.5 Å². The molecule has 0 radical (unpaired) electrons. The fourth-order valence-electron chi connectivity index (χ4n) is 2.75. The average Bonchev–Trinajstić information content (AvgIpc) is 3.16. The van der Waals surface area contributed by atoms with Gasteiger partial charge >= 0.3 is 0 Å². The molecule has 2 aromatic carbocycles. The van der Waals surface area contributed by atoms with Crippen LogP contribution in [0.4, 0.5) is 5.69 Å². The summed E-state index contributed by atoms with van der Waals surface area (Å²) in [6.45, 7) is 0. The Labute approximate surface area is 151 Å². The van der Waals surface area contributed by atoms with Crippen LogP contribution in [0, 0.1) is 0 Å². The topological polar surface area (TPSA) is 91.6 Å². The number of methoxy groups -OCH3 is 4. The van der Waals surface area contributed by atoms with Crippen LogP contribution >= 0.6 is 0 Å². The van der Waals surface area contributed by atoms with E-state index in [4.69, 9.17) is 24.7 Å². The zero-order valence-electron chi connectivity index (χ0n) is 15.1. The molecule has 1 aromatic heterocycles. The van der Waals surface area contributed by atoms with Gasteiger partial charge in [-0.05, 0) is 36.4 Å². The molecule has 3 aromatic rings. The van der Waals surface area contributed by atoms with Gasteiger partial charge in [-0.15, -0.1) is 0 Å². The van der Waals surface area contributed by atoms with Crippen LogP contribution in [-0.4, -0.2) is 38.6 Å². The Hall–Kier alpha value is -3.35. The number of hydrogen-bond donors (Lipinski definition) is 2. The molecule has 7 heteroatoms. The van der Waals surface area contributed by atoms with E-state index in [9.17, 15) is 0 Å². The van der Waals surface area contributed by atoms with Gasteiger partial charge in [-0.1, -0.05) is 0 Å². The molecule has 7 nitrogen and oxygen atoms in total. The molecule has 26 heavy (non-hydrogen) atoms. The summed E-state index contributed by atoms with van der Waals surface area (Å²) in [6, 6.07) is 11.2. The normalized spacial score (nSPS) is 10.5. The number of H-pyrrole nitrogens is 1. The molecule has 0 aliphatic rings. The van der Waals surface area contributed by atoms with Crippen molar-refractivity contribution in [3.05, 3.63) is 36.4 Å². The Kier molecular flexibility index (Phi) is 4.88. The number of ether oxygens (including phenoxy) is 4. The summed E-state index contributed by atoms with van der Waals surface area (Å²) in [5.41, 5.74) is 9.88. The summed E-state index contributed by atoms with van der Waals surface area (Å²) in [5.74, 6) is 2.32. The van der Waals surface area contributed by atoms with E-state index >= 15 is 0 Å². The van der Waals surface area contributed by atoms with Crippen LogP contribution in [-0.2, 0) is 0 Å². The lowest BCUT2D eigenvalue weighted by atomic mass is 10.1. The Morgan fingerprint density at radius 3 is 1.96 bits per heavy atom. The van der Waals surface area contributed by atoms with E-state index in [2.05, 4.69) is 10.2 Å². The first-order valence-corrected chi connectivity index (χ1v) is 7.91. The van der Waals surface area contributed by atoms with E-state index in [-0.39, 0.29) is 0 Å². The van der Waals surface area contributed by atoms with Crippen molar-refractivity contribution in [2.45, 2.75) is 0 Å². The molecule has 0 unspecified atom stereocenters.